The molecule has 0 radical (unpaired) electrons. The van der Waals surface area contributed by atoms with Crippen molar-refractivity contribution in [1.29, 1.82) is 0 Å². The van der Waals surface area contributed by atoms with Crippen molar-refractivity contribution in [1.82, 2.24) is 34.9 Å². The van der Waals surface area contributed by atoms with Crippen LogP contribution in [0.15, 0.2) is 53.4 Å². The topological polar surface area (TPSA) is 152 Å². The van der Waals surface area contributed by atoms with Gasteiger partial charge in [0.25, 0.3) is 0 Å². The monoisotopic (exact) mass is 724 g/mol. The van der Waals surface area contributed by atoms with Crippen molar-refractivity contribution in [2.45, 2.75) is 77.9 Å². The largest absolute Gasteiger partial charge is 0.355 e. The molecule has 2 fully saturated rings. The maximum absolute atomic E-state index is 14.4. The summed E-state index contributed by atoms with van der Waals surface area (Å²) in [6.07, 6.45) is 11.0. The quantitative estimate of drug-likeness (QED) is 0.172. The Balaban J connectivity index is 1.30. The molecule has 7 rings (SSSR count). The van der Waals surface area contributed by atoms with E-state index >= 15 is 0 Å². The summed E-state index contributed by atoms with van der Waals surface area (Å²) in [5, 5.41) is 11.4. The average molecular weight is 726 g/mol. The number of carbonyl (C=O) groups excluding carboxylic acids is 4. The van der Waals surface area contributed by atoms with E-state index in [2.05, 4.69) is 47.6 Å². The Bertz CT molecular complexity index is 2020. The van der Waals surface area contributed by atoms with Crippen molar-refractivity contribution in [2.75, 3.05) is 11.9 Å². The van der Waals surface area contributed by atoms with Crippen LogP contribution in [-0.2, 0) is 27.3 Å². The number of halogens is 1. The van der Waals surface area contributed by atoms with Crippen LogP contribution in [0.2, 0.25) is 0 Å². The summed E-state index contributed by atoms with van der Waals surface area (Å²) in [6, 6.07) is 6.57. The highest BCUT2D eigenvalue weighted by molar-refractivity contribution is 9.10. The fourth-order valence-corrected chi connectivity index (χ4v) is 7.84. The van der Waals surface area contributed by atoms with Gasteiger partial charge in [-0.3, -0.25) is 23.9 Å². The molecule has 1 saturated carbocycles. The third-order valence-corrected chi connectivity index (χ3v) is 10.2. The molecule has 3 amide bonds. The normalized spacial score (nSPS) is 23.1. The van der Waals surface area contributed by atoms with Gasteiger partial charge in [0, 0.05) is 54.7 Å². The summed E-state index contributed by atoms with van der Waals surface area (Å²) in [6.45, 7) is 5.43. The Labute approximate surface area is 291 Å². The third kappa shape index (κ3) is 6.51. The zero-order chi connectivity index (χ0) is 34.4. The molecule has 5 heterocycles. The first-order valence-electron chi connectivity index (χ1n) is 16.5. The summed E-state index contributed by atoms with van der Waals surface area (Å²) in [7, 11) is 0. The van der Waals surface area contributed by atoms with Gasteiger partial charge in [0.15, 0.2) is 5.78 Å². The predicted molar refractivity (Wildman–Crippen MR) is 187 cm³/mol. The lowest BCUT2D eigenvalue weighted by Crippen LogP contribution is -2.46. The molecule has 2 bridgehead atoms. The zero-order valence-electron chi connectivity index (χ0n) is 27.6. The molecule has 49 heavy (non-hydrogen) atoms. The minimum atomic E-state index is -0.771. The number of pyridine rings is 1. The van der Waals surface area contributed by atoms with Crippen molar-refractivity contribution in [3.05, 3.63) is 76.1 Å². The molecule has 3 aromatic heterocycles. The standard InChI is InChI=1S/C36H37BrN8O4/c1-20-10-29(37)41-30(11-20)42-35(49)27-14-36-15-28(36)45(27)32(48)18-44-34-23(8-6-4-5-7-9-31(47)40-19-36)12-24(25-16-38-22(3)39-17-25)13-26(34)33(43-44)21(2)46/h4,6,10-13,16-17,27-28H,5,7-9,14-15,18-19H2,1-3H3,(H,40,47)(H,41,42,49)/b6-4+/t27-,28+,36-/m0/s1. The lowest BCUT2D eigenvalue weighted by atomic mass is 9.98. The number of hydrogen-bond acceptors (Lipinski definition) is 8. The molecular formula is C36H37BrN8O4. The molecule has 0 unspecified atom stereocenters. The lowest BCUT2D eigenvalue weighted by molar-refractivity contribution is -0.138. The SMILES string of the molecule is CC(=O)c1nn2c3c(cc(-c4cnc(C)nc4)cc13)C/C=C/CCCC(=O)NC[C@@]13C[C@@H](C(=O)Nc4cc(C)cc(Br)n4)N(C(=O)C2)[C@@H]1C3. The van der Waals surface area contributed by atoms with Crippen molar-refractivity contribution in [3.63, 3.8) is 0 Å². The number of Topliss-reactive ketones (excluding diaryl/α,β-unsaturated/α-hetero) is 1. The first-order valence-corrected chi connectivity index (χ1v) is 17.3. The number of aryl methyl sites for hydroxylation is 2. The first-order chi connectivity index (χ1) is 23.5. The number of benzene rings is 1. The smallest absolute Gasteiger partial charge is 0.248 e. The van der Waals surface area contributed by atoms with Crippen LogP contribution in [0, 0.1) is 19.3 Å². The van der Waals surface area contributed by atoms with E-state index in [9.17, 15) is 19.2 Å². The Morgan fingerprint density at radius 3 is 2.59 bits per heavy atom. The van der Waals surface area contributed by atoms with Crippen molar-refractivity contribution < 1.29 is 19.2 Å². The minimum absolute atomic E-state index is 0.0380. The molecule has 0 spiro atoms. The molecule has 252 valence electrons. The molecule has 2 N–H and O–H groups in total. The van der Waals surface area contributed by atoms with E-state index in [0.29, 0.717) is 65.8 Å². The van der Waals surface area contributed by atoms with Crippen molar-refractivity contribution >= 4 is 56.2 Å². The number of hydrogen-bond donors (Lipinski definition) is 2. The van der Waals surface area contributed by atoms with Crippen LogP contribution in [0.1, 0.15) is 66.5 Å². The van der Waals surface area contributed by atoms with E-state index in [4.69, 9.17) is 5.10 Å². The maximum Gasteiger partial charge on any atom is 0.248 e. The maximum atomic E-state index is 14.4. The van der Waals surface area contributed by atoms with E-state index in [0.717, 1.165) is 28.7 Å². The summed E-state index contributed by atoms with van der Waals surface area (Å²) in [5.74, 6) is 0.163. The Hall–Kier alpha value is -4.78. The summed E-state index contributed by atoms with van der Waals surface area (Å²) < 4.78 is 2.21. The second kappa shape index (κ2) is 12.9. The van der Waals surface area contributed by atoms with Crippen LogP contribution in [0.5, 0.6) is 0 Å². The molecule has 1 saturated heterocycles. The molecule has 3 atom stereocenters. The van der Waals surface area contributed by atoms with Gasteiger partial charge in [-0.05, 0) is 103 Å². The molecule has 1 aromatic carbocycles. The zero-order valence-corrected chi connectivity index (χ0v) is 29.2. The van der Waals surface area contributed by atoms with Crippen LogP contribution in [0.4, 0.5) is 5.82 Å². The molecule has 4 aromatic rings. The molecular weight excluding hydrogens is 688 g/mol. The van der Waals surface area contributed by atoms with Crippen LogP contribution in [0.3, 0.4) is 0 Å². The molecule has 2 aliphatic heterocycles. The number of piperidine rings is 1. The lowest BCUT2D eigenvalue weighted by Gasteiger charge is -2.27. The van der Waals surface area contributed by atoms with Gasteiger partial charge in [0.1, 0.15) is 34.5 Å². The number of carbonyl (C=O) groups is 4. The first kappa shape index (κ1) is 32.8. The van der Waals surface area contributed by atoms with Gasteiger partial charge in [0.05, 0.1) is 5.52 Å². The second-order valence-corrected chi connectivity index (χ2v) is 14.2. The van der Waals surface area contributed by atoms with Crippen LogP contribution >= 0.6 is 15.9 Å². The predicted octanol–water partition coefficient (Wildman–Crippen LogP) is 4.87. The molecule has 13 heteroatoms. The number of rotatable bonds is 4. The van der Waals surface area contributed by atoms with Gasteiger partial charge in [-0.25, -0.2) is 15.0 Å². The van der Waals surface area contributed by atoms with Crippen molar-refractivity contribution in [3.8, 4) is 11.1 Å². The molecule has 3 aliphatic rings. The highest BCUT2D eigenvalue weighted by atomic mass is 79.9. The van der Waals surface area contributed by atoms with Crippen LogP contribution in [-0.4, -0.2) is 71.8 Å². The van der Waals surface area contributed by atoms with E-state index in [-0.39, 0.29) is 41.8 Å². The van der Waals surface area contributed by atoms with Gasteiger partial charge in [0.2, 0.25) is 17.7 Å². The minimum Gasteiger partial charge on any atom is -0.355 e. The van der Waals surface area contributed by atoms with Crippen LogP contribution in [0.25, 0.3) is 22.0 Å². The average Bonchev–Trinajstić information content (AvgIpc) is 3.46. The molecule has 1 aliphatic carbocycles. The number of allylic oxidation sites excluding steroid dienone is 2. The fourth-order valence-electron chi connectivity index (χ4n) is 7.29. The van der Waals surface area contributed by atoms with Gasteiger partial charge < -0.3 is 15.5 Å². The van der Waals surface area contributed by atoms with Crippen molar-refractivity contribution in [2.24, 2.45) is 5.41 Å². The van der Waals surface area contributed by atoms with Gasteiger partial charge in [-0.15, -0.1) is 0 Å². The summed E-state index contributed by atoms with van der Waals surface area (Å²) >= 11 is 3.39. The Kier molecular flexibility index (Phi) is 8.64. The fraction of sp³-hybridized carbons (Fsp3) is 0.389. The number of ketones is 1. The molecule has 12 nitrogen and oxygen atoms in total. The highest BCUT2D eigenvalue weighted by Gasteiger charge is 2.67. The van der Waals surface area contributed by atoms with E-state index in [1.165, 1.54) is 6.92 Å². The summed E-state index contributed by atoms with van der Waals surface area (Å²) in [5.41, 5.74) is 4.00. The van der Waals surface area contributed by atoms with E-state index < -0.39 is 11.5 Å². The number of aromatic nitrogens is 5. The number of nitrogens with zero attached hydrogens (tertiary/aromatic N) is 6. The summed E-state index contributed by atoms with van der Waals surface area (Å²) in [4.78, 5) is 68.9. The van der Waals surface area contributed by atoms with E-state index in [1.54, 1.807) is 28.0 Å². The number of anilines is 1. The third-order valence-electron chi connectivity index (χ3n) is 9.77. The Morgan fingerprint density at radius 1 is 1.04 bits per heavy atom. The number of nitrogens with one attached hydrogen (secondary N) is 2. The van der Waals surface area contributed by atoms with Gasteiger partial charge in [-0.2, -0.15) is 5.10 Å². The number of amides is 3. The van der Waals surface area contributed by atoms with Gasteiger partial charge in [-0.1, -0.05) is 12.2 Å². The second-order valence-electron chi connectivity index (χ2n) is 13.4. The van der Waals surface area contributed by atoms with Crippen LogP contribution < -0.4 is 10.6 Å². The van der Waals surface area contributed by atoms with Gasteiger partial charge >= 0.3 is 0 Å². The Morgan fingerprint density at radius 2 is 1.84 bits per heavy atom. The highest BCUT2D eigenvalue weighted by Crippen LogP contribution is 2.59. The van der Waals surface area contributed by atoms with E-state index in [1.807, 2.05) is 38.1 Å².